The van der Waals surface area contributed by atoms with Crippen LogP contribution in [0, 0.1) is 5.92 Å². The quantitative estimate of drug-likeness (QED) is 0.326. The minimum atomic E-state index is -0.159. The Morgan fingerprint density at radius 1 is 0.970 bits per heavy atom. The number of pyridine rings is 1. The molecule has 33 heavy (non-hydrogen) atoms. The molecule has 2 heterocycles. The molecule has 5 nitrogen and oxygen atoms in total. The van der Waals surface area contributed by atoms with E-state index in [1.807, 2.05) is 48.5 Å². The van der Waals surface area contributed by atoms with Gasteiger partial charge in [-0.25, -0.2) is 9.97 Å². The van der Waals surface area contributed by atoms with Crippen LogP contribution in [0.5, 0.6) is 5.75 Å². The predicted octanol–water partition coefficient (Wildman–Crippen LogP) is 6.40. The molecule has 0 bridgehead atoms. The number of hydrogen-bond donors (Lipinski definition) is 0. The molecule has 4 aromatic rings. The first kappa shape index (κ1) is 21.4. The number of nitrogens with zero attached hydrogens (tertiary/aromatic N) is 3. The molecule has 1 aliphatic carbocycles. The van der Waals surface area contributed by atoms with Crippen molar-refractivity contribution in [1.29, 1.82) is 0 Å². The van der Waals surface area contributed by atoms with Gasteiger partial charge < -0.3 is 4.74 Å². The van der Waals surface area contributed by atoms with E-state index >= 15 is 0 Å². The van der Waals surface area contributed by atoms with Crippen molar-refractivity contribution < 1.29 is 9.53 Å². The Bertz CT molecular complexity index is 1190. The van der Waals surface area contributed by atoms with Crippen molar-refractivity contribution in [3.63, 3.8) is 0 Å². The van der Waals surface area contributed by atoms with Gasteiger partial charge in [0.05, 0.1) is 17.1 Å². The van der Waals surface area contributed by atoms with E-state index in [0.717, 1.165) is 40.8 Å². The Labute approximate surface area is 194 Å². The van der Waals surface area contributed by atoms with Gasteiger partial charge in [-0.1, -0.05) is 62.1 Å². The fraction of sp³-hybridized carbons (Fsp3) is 0.321. The normalized spacial score (nSPS) is 15.8. The molecule has 2 aromatic carbocycles. The summed E-state index contributed by atoms with van der Waals surface area (Å²) in [5.41, 5.74) is 2.92. The Kier molecular flexibility index (Phi) is 6.47. The Morgan fingerprint density at radius 2 is 1.76 bits per heavy atom. The molecule has 0 radical (unpaired) electrons. The third-order valence-electron chi connectivity index (χ3n) is 6.68. The Balaban J connectivity index is 1.32. The van der Waals surface area contributed by atoms with Crippen LogP contribution in [-0.4, -0.2) is 20.4 Å². The van der Waals surface area contributed by atoms with Crippen LogP contribution in [0.2, 0.25) is 0 Å². The van der Waals surface area contributed by atoms with Crippen molar-refractivity contribution in [2.24, 2.45) is 5.92 Å². The average Bonchev–Trinajstić information content (AvgIpc) is 3.28. The van der Waals surface area contributed by atoms with E-state index in [-0.39, 0.29) is 11.8 Å². The van der Waals surface area contributed by atoms with Crippen LogP contribution in [0.1, 0.15) is 60.5 Å². The predicted molar refractivity (Wildman–Crippen MR) is 129 cm³/mol. The van der Waals surface area contributed by atoms with Gasteiger partial charge >= 0.3 is 0 Å². The van der Waals surface area contributed by atoms with Gasteiger partial charge in [-0.05, 0) is 48.6 Å². The fourth-order valence-corrected chi connectivity index (χ4v) is 4.93. The van der Waals surface area contributed by atoms with Gasteiger partial charge in [0.25, 0.3) is 0 Å². The molecule has 0 saturated heterocycles. The lowest BCUT2D eigenvalue weighted by Crippen LogP contribution is -2.26. The van der Waals surface area contributed by atoms with E-state index in [1.54, 1.807) is 23.3 Å². The second-order valence-electron chi connectivity index (χ2n) is 8.89. The monoisotopic (exact) mass is 439 g/mol. The van der Waals surface area contributed by atoms with Crippen LogP contribution in [0.4, 0.5) is 0 Å². The third kappa shape index (κ3) is 4.98. The molecular formula is C28H29N3O2. The number of aromatic nitrogens is 3. The van der Waals surface area contributed by atoms with Gasteiger partial charge in [0.2, 0.25) is 5.91 Å². The first-order valence-electron chi connectivity index (χ1n) is 11.9. The second-order valence-corrected chi connectivity index (χ2v) is 8.89. The summed E-state index contributed by atoms with van der Waals surface area (Å²) in [6, 6.07) is 20.2. The van der Waals surface area contributed by atoms with E-state index in [1.165, 1.54) is 25.7 Å². The zero-order chi connectivity index (χ0) is 22.5. The number of para-hydroxylation sites is 1. The third-order valence-corrected chi connectivity index (χ3v) is 6.68. The lowest BCUT2D eigenvalue weighted by molar-refractivity contribution is 0.0837. The molecule has 5 rings (SSSR count). The van der Waals surface area contributed by atoms with E-state index in [0.29, 0.717) is 12.5 Å². The summed E-state index contributed by atoms with van der Waals surface area (Å²) < 4.78 is 7.64. The zero-order valence-electron chi connectivity index (χ0n) is 18.8. The number of rotatable bonds is 6. The molecule has 0 aliphatic heterocycles. The van der Waals surface area contributed by atoms with Crippen LogP contribution < -0.4 is 4.74 Å². The summed E-state index contributed by atoms with van der Waals surface area (Å²) >= 11 is 0. The summed E-state index contributed by atoms with van der Waals surface area (Å²) in [4.78, 5) is 22.2. The van der Waals surface area contributed by atoms with Gasteiger partial charge in [0.1, 0.15) is 18.7 Å². The van der Waals surface area contributed by atoms with Gasteiger partial charge in [-0.15, -0.1) is 0 Å². The first-order valence-corrected chi connectivity index (χ1v) is 11.9. The molecule has 0 spiro atoms. The number of imidazole rings is 1. The lowest BCUT2D eigenvalue weighted by atomic mass is 9.80. The number of benzene rings is 2. The smallest absolute Gasteiger partial charge is 0.239 e. The lowest BCUT2D eigenvalue weighted by Gasteiger charge is -2.25. The largest absolute Gasteiger partial charge is 0.487 e. The minimum absolute atomic E-state index is 0.105. The van der Waals surface area contributed by atoms with Crippen LogP contribution in [0.25, 0.3) is 10.9 Å². The molecule has 1 aliphatic rings. The fourth-order valence-electron chi connectivity index (χ4n) is 4.93. The molecule has 1 atom stereocenters. The maximum atomic E-state index is 13.4. The molecule has 168 valence electrons. The van der Waals surface area contributed by atoms with Crippen LogP contribution in [0.15, 0.2) is 79.4 Å². The van der Waals surface area contributed by atoms with Gasteiger partial charge in [0.15, 0.2) is 0 Å². The SMILES string of the molecule is O=C(C(c1ccc(OCc2ccc3ccccc3n2)cc1)C1CCCCCC1)n1ccnc1. The first-order chi connectivity index (χ1) is 16.3. The van der Waals surface area contributed by atoms with Crippen molar-refractivity contribution >= 4 is 16.8 Å². The van der Waals surface area contributed by atoms with Crippen molar-refractivity contribution in [1.82, 2.24) is 14.5 Å². The van der Waals surface area contributed by atoms with Gasteiger partial charge in [0, 0.05) is 17.8 Å². The molecule has 5 heteroatoms. The summed E-state index contributed by atoms with van der Waals surface area (Å²) in [5, 5.41) is 1.12. The summed E-state index contributed by atoms with van der Waals surface area (Å²) in [6.07, 6.45) is 12.1. The highest BCUT2D eigenvalue weighted by atomic mass is 16.5. The summed E-state index contributed by atoms with van der Waals surface area (Å²) in [7, 11) is 0. The molecular weight excluding hydrogens is 410 g/mol. The maximum Gasteiger partial charge on any atom is 0.239 e. The molecule has 2 aromatic heterocycles. The number of carbonyl (C=O) groups is 1. The van der Waals surface area contributed by atoms with Crippen molar-refractivity contribution in [3.05, 3.63) is 90.6 Å². The number of ether oxygens (including phenoxy) is 1. The number of hydrogen-bond acceptors (Lipinski definition) is 4. The topological polar surface area (TPSA) is 57.0 Å². The van der Waals surface area contributed by atoms with E-state index in [2.05, 4.69) is 22.1 Å². The molecule has 1 fully saturated rings. The average molecular weight is 440 g/mol. The number of fused-ring (bicyclic) bond motifs is 1. The highest BCUT2D eigenvalue weighted by Gasteiger charge is 2.31. The highest BCUT2D eigenvalue weighted by Crippen LogP contribution is 2.37. The van der Waals surface area contributed by atoms with Crippen LogP contribution in [0.3, 0.4) is 0 Å². The number of carbonyl (C=O) groups excluding carboxylic acids is 1. The Morgan fingerprint density at radius 3 is 2.52 bits per heavy atom. The second kappa shape index (κ2) is 9.99. The van der Waals surface area contributed by atoms with Crippen molar-refractivity contribution in [2.75, 3.05) is 0 Å². The van der Waals surface area contributed by atoms with Crippen LogP contribution >= 0.6 is 0 Å². The van der Waals surface area contributed by atoms with Gasteiger partial charge in [-0.2, -0.15) is 0 Å². The molecule has 1 unspecified atom stereocenters. The standard InChI is InChI=1S/C28H29N3O2/c32-28(31-18-17-29-20-31)27(22-8-3-1-2-4-9-22)23-12-15-25(16-13-23)33-19-24-14-11-21-7-5-6-10-26(21)30-24/h5-7,10-18,20,22,27H,1-4,8-9,19H2. The highest BCUT2D eigenvalue weighted by molar-refractivity contribution is 5.86. The van der Waals surface area contributed by atoms with E-state index < -0.39 is 0 Å². The zero-order valence-corrected chi connectivity index (χ0v) is 18.8. The van der Waals surface area contributed by atoms with Crippen LogP contribution in [-0.2, 0) is 6.61 Å². The van der Waals surface area contributed by atoms with E-state index in [4.69, 9.17) is 4.74 Å². The van der Waals surface area contributed by atoms with Gasteiger partial charge in [-0.3, -0.25) is 9.36 Å². The molecule has 1 saturated carbocycles. The molecule has 0 N–H and O–H groups in total. The van der Waals surface area contributed by atoms with Crippen molar-refractivity contribution in [3.8, 4) is 5.75 Å². The minimum Gasteiger partial charge on any atom is -0.487 e. The maximum absolute atomic E-state index is 13.4. The van der Waals surface area contributed by atoms with E-state index in [9.17, 15) is 4.79 Å². The summed E-state index contributed by atoms with van der Waals surface area (Å²) in [6.45, 7) is 0.407. The van der Waals surface area contributed by atoms with Crippen molar-refractivity contribution in [2.45, 2.75) is 51.0 Å². The Hall–Kier alpha value is -3.47. The molecule has 0 amide bonds. The summed E-state index contributed by atoms with van der Waals surface area (Å²) in [5.74, 6) is 1.08.